The Bertz CT molecular complexity index is 973. The number of nitrogens with zero attached hydrogens (tertiary/aromatic N) is 2. The number of pyridine rings is 1. The van der Waals surface area contributed by atoms with E-state index in [-0.39, 0.29) is 11.4 Å². The molecule has 5 nitrogen and oxygen atoms in total. The highest BCUT2D eigenvalue weighted by molar-refractivity contribution is 6.31. The number of aryl methyl sites for hydroxylation is 2. The van der Waals surface area contributed by atoms with Crippen molar-refractivity contribution in [3.63, 3.8) is 0 Å². The molecule has 0 aliphatic rings. The highest BCUT2D eigenvalue weighted by Gasteiger charge is 2.12. The number of azo groups is 1. The van der Waals surface area contributed by atoms with Gasteiger partial charge >= 0.3 is 0 Å². The van der Waals surface area contributed by atoms with E-state index >= 15 is 0 Å². The molecule has 0 saturated carbocycles. The zero-order chi connectivity index (χ0) is 16.6. The fourth-order valence-electron chi connectivity index (χ4n) is 2.39. The maximum atomic E-state index is 12.1. The Hall–Kier alpha value is -2.66. The maximum Gasteiger partial charge on any atom is 0.280 e. The van der Waals surface area contributed by atoms with Gasteiger partial charge < -0.3 is 10.1 Å². The third kappa shape index (κ3) is 2.83. The summed E-state index contributed by atoms with van der Waals surface area (Å²) in [5.41, 5.74) is 2.40. The molecule has 6 heteroatoms. The van der Waals surface area contributed by atoms with Crippen molar-refractivity contribution in [2.75, 3.05) is 0 Å². The van der Waals surface area contributed by atoms with Crippen molar-refractivity contribution < 1.29 is 5.11 Å². The maximum absolute atomic E-state index is 12.1. The number of aromatic hydroxyl groups is 1. The lowest BCUT2D eigenvalue weighted by Crippen LogP contribution is -2.05. The average Bonchev–Trinajstić information content (AvgIpc) is 2.50. The van der Waals surface area contributed by atoms with E-state index in [0.29, 0.717) is 21.6 Å². The van der Waals surface area contributed by atoms with Gasteiger partial charge in [0.25, 0.3) is 5.56 Å². The summed E-state index contributed by atoms with van der Waals surface area (Å²) in [6.45, 7) is 3.82. The molecule has 0 saturated heterocycles. The Labute approximate surface area is 137 Å². The fraction of sp³-hybridized carbons (Fsp3) is 0.118. The zero-order valence-corrected chi connectivity index (χ0v) is 13.3. The van der Waals surface area contributed by atoms with Crippen LogP contribution < -0.4 is 5.56 Å². The number of nitrogens with one attached hydrogen (secondary N) is 1. The molecular weight excluding hydrogens is 314 g/mol. The standard InChI is InChI=1S/C17H14ClN3O2/c1-9-4-3-5-10(2)14(9)20-21-15-16(22)12-8-11(18)6-7-13(12)19-17(15)23/h3-8H,1-2H3,(H2,19,22,23). The monoisotopic (exact) mass is 327 g/mol. The fourth-order valence-corrected chi connectivity index (χ4v) is 2.57. The molecule has 1 heterocycles. The predicted octanol–water partition coefficient (Wildman–Crippen LogP) is 4.92. The van der Waals surface area contributed by atoms with Gasteiger partial charge in [0.15, 0.2) is 11.4 Å². The number of halogens is 1. The molecule has 0 unspecified atom stereocenters. The van der Waals surface area contributed by atoms with Gasteiger partial charge in [-0.2, -0.15) is 0 Å². The van der Waals surface area contributed by atoms with Crippen LogP contribution in [0.1, 0.15) is 11.1 Å². The number of aromatic amines is 1. The van der Waals surface area contributed by atoms with Crippen LogP contribution in [-0.4, -0.2) is 10.1 Å². The van der Waals surface area contributed by atoms with Crippen molar-refractivity contribution in [1.82, 2.24) is 4.98 Å². The van der Waals surface area contributed by atoms with E-state index in [1.165, 1.54) is 0 Å². The Morgan fingerprint density at radius 2 is 1.70 bits per heavy atom. The molecule has 0 fully saturated rings. The normalized spacial score (nSPS) is 11.4. The number of H-pyrrole nitrogens is 1. The van der Waals surface area contributed by atoms with Gasteiger partial charge in [-0.3, -0.25) is 4.79 Å². The average molecular weight is 328 g/mol. The number of hydrogen-bond acceptors (Lipinski definition) is 4. The molecule has 0 aliphatic heterocycles. The summed E-state index contributed by atoms with van der Waals surface area (Å²) in [6, 6.07) is 10.6. The summed E-state index contributed by atoms with van der Waals surface area (Å²) >= 11 is 5.94. The van der Waals surface area contributed by atoms with Gasteiger partial charge in [0.2, 0.25) is 0 Å². The highest BCUT2D eigenvalue weighted by Crippen LogP contribution is 2.33. The minimum absolute atomic E-state index is 0.137. The molecule has 0 radical (unpaired) electrons. The molecule has 0 bridgehead atoms. The quantitative estimate of drug-likeness (QED) is 0.655. The number of aromatic nitrogens is 1. The van der Waals surface area contributed by atoms with Gasteiger partial charge in [0.1, 0.15) is 0 Å². The van der Waals surface area contributed by atoms with Crippen molar-refractivity contribution in [2.45, 2.75) is 13.8 Å². The minimum Gasteiger partial charge on any atom is -0.505 e. The summed E-state index contributed by atoms with van der Waals surface area (Å²) < 4.78 is 0. The molecule has 0 spiro atoms. The van der Waals surface area contributed by atoms with E-state index < -0.39 is 5.56 Å². The van der Waals surface area contributed by atoms with E-state index in [2.05, 4.69) is 15.2 Å². The van der Waals surface area contributed by atoms with Gasteiger partial charge in [-0.15, -0.1) is 10.2 Å². The lowest BCUT2D eigenvalue weighted by atomic mass is 10.1. The zero-order valence-electron chi connectivity index (χ0n) is 12.6. The summed E-state index contributed by atoms with van der Waals surface area (Å²) in [6.07, 6.45) is 0. The third-order valence-corrected chi connectivity index (χ3v) is 3.85. The summed E-state index contributed by atoms with van der Waals surface area (Å²) in [5, 5.41) is 19.3. The number of benzene rings is 2. The molecule has 0 atom stereocenters. The molecule has 2 aromatic carbocycles. The number of fused-ring (bicyclic) bond motifs is 1. The van der Waals surface area contributed by atoms with Crippen molar-refractivity contribution in [3.05, 3.63) is 62.9 Å². The molecule has 2 N–H and O–H groups in total. The van der Waals surface area contributed by atoms with Crippen LogP contribution in [0.3, 0.4) is 0 Å². The Morgan fingerprint density at radius 3 is 2.39 bits per heavy atom. The van der Waals surface area contributed by atoms with E-state index in [1.807, 2.05) is 32.0 Å². The summed E-state index contributed by atoms with van der Waals surface area (Å²) in [7, 11) is 0. The van der Waals surface area contributed by atoms with Crippen molar-refractivity contribution in [3.8, 4) is 5.75 Å². The van der Waals surface area contributed by atoms with Crippen LogP contribution >= 0.6 is 11.6 Å². The molecule has 3 aromatic rings. The predicted molar refractivity (Wildman–Crippen MR) is 91.3 cm³/mol. The van der Waals surface area contributed by atoms with Gasteiger partial charge in [0.05, 0.1) is 11.2 Å². The summed E-state index contributed by atoms with van der Waals surface area (Å²) in [4.78, 5) is 14.8. The van der Waals surface area contributed by atoms with Crippen molar-refractivity contribution in [1.29, 1.82) is 0 Å². The Morgan fingerprint density at radius 1 is 1.04 bits per heavy atom. The first kappa shape index (κ1) is 15.2. The van der Waals surface area contributed by atoms with E-state index in [9.17, 15) is 9.90 Å². The van der Waals surface area contributed by atoms with E-state index in [4.69, 9.17) is 11.6 Å². The number of hydrogen-bond donors (Lipinski definition) is 2. The van der Waals surface area contributed by atoms with Crippen LogP contribution in [0.25, 0.3) is 10.9 Å². The molecule has 1 aromatic heterocycles. The second-order valence-electron chi connectivity index (χ2n) is 5.28. The van der Waals surface area contributed by atoms with Crippen LogP contribution in [0.5, 0.6) is 5.75 Å². The number of rotatable bonds is 2. The molecule has 3 rings (SSSR count). The van der Waals surface area contributed by atoms with E-state index in [1.54, 1.807) is 18.2 Å². The molecular formula is C17H14ClN3O2. The van der Waals surface area contributed by atoms with Crippen LogP contribution in [0.15, 0.2) is 51.4 Å². The van der Waals surface area contributed by atoms with Crippen LogP contribution in [0, 0.1) is 13.8 Å². The first-order chi connectivity index (χ1) is 11.0. The van der Waals surface area contributed by atoms with Crippen molar-refractivity contribution in [2.24, 2.45) is 10.2 Å². The van der Waals surface area contributed by atoms with Crippen LogP contribution in [-0.2, 0) is 0 Å². The van der Waals surface area contributed by atoms with Gasteiger partial charge in [0, 0.05) is 10.4 Å². The van der Waals surface area contributed by atoms with Crippen molar-refractivity contribution >= 4 is 33.9 Å². The molecule has 23 heavy (non-hydrogen) atoms. The van der Waals surface area contributed by atoms with E-state index in [0.717, 1.165) is 11.1 Å². The first-order valence-electron chi connectivity index (χ1n) is 7.00. The molecule has 0 amide bonds. The SMILES string of the molecule is Cc1cccc(C)c1N=Nc1c(O)c2cc(Cl)ccc2[nH]c1=O. The second kappa shape index (κ2) is 5.85. The molecule has 116 valence electrons. The smallest absolute Gasteiger partial charge is 0.280 e. The third-order valence-electron chi connectivity index (χ3n) is 3.61. The Kier molecular flexibility index (Phi) is 3.88. The minimum atomic E-state index is -0.507. The largest absolute Gasteiger partial charge is 0.505 e. The summed E-state index contributed by atoms with van der Waals surface area (Å²) in [5.74, 6) is -0.235. The van der Waals surface area contributed by atoms with Crippen LogP contribution in [0.4, 0.5) is 11.4 Å². The van der Waals surface area contributed by atoms with Gasteiger partial charge in [-0.05, 0) is 43.2 Å². The van der Waals surface area contributed by atoms with Crippen LogP contribution in [0.2, 0.25) is 5.02 Å². The Balaban J connectivity index is 2.17. The van der Waals surface area contributed by atoms with Gasteiger partial charge in [-0.1, -0.05) is 29.8 Å². The lowest BCUT2D eigenvalue weighted by Gasteiger charge is -2.05. The topological polar surface area (TPSA) is 77.8 Å². The highest BCUT2D eigenvalue weighted by atomic mass is 35.5. The second-order valence-corrected chi connectivity index (χ2v) is 5.72. The van der Waals surface area contributed by atoms with Gasteiger partial charge in [-0.25, -0.2) is 0 Å². The first-order valence-corrected chi connectivity index (χ1v) is 7.37. The molecule has 0 aliphatic carbocycles. The lowest BCUT2D eigenvalue weighted by molar-refractivity contribution is 0.481.